The third-order valence-corrected chi connectivity index (χ3v) is 9.52. The summed E-state index contributed by atoms with van der Waals surface area (Å²) in [6.07, 6.45) is 2.02. The van der Waals surface area contributed by atoms with E-state index >= 15 is 0 Å². The Bertz CT molecular complexity index is 2810. The van der Waals surface area contributed by atoms with Crippen LogP contribution in [0, 0.1) is 0 Å². The summed E-state index contributed by atoms with van der Waals surface area (Å²) >= 11 is 0. The minimum absolute atomic E-state index is 0.603. The Balaban J connectivity index is 1.24. The molecule has 3 heterocycles. The molecule has 0 saturated carbocycles. The van der Waals surface area contributed by atoms with Crippen LogP contribution in [0.1, 0.15) is 18.1 Å². The topological polar surface area (TPSA) is 47.5 Å². The van der Waals surface area contributed by atoms with Gasteiger partial charge in [0.1, 0.15) is 5.84 Å². The molecule has 3 aromatic heterocycles. The number of pyridine rings is 1. The number of para-hydroxylation sites is 3. The molecule has 0 aliphatic rings. The van der Waals surface area contributed by atoms with Gasteiger partial charge in [-0.25, -0.2) is 9.98 Å². The number of fused-ring (bicyclic) bond motifs is 6. The number of hydrogen-bond donors (Lipinski definition) is 0. The molecule has 6 aromatic carbocycles. The average Bonchev–Trinajstić information content (AvgIpc) is 3.71. The van der Waals surface area contributed by atoms with Gasteiger partial charge in [0.2, 0.25) is 0 Å². The molecule has 51 heavy (non-hydrogen) atoms. The second-order valence-corrected chi connectivity index (χ2v) is 12.6. The summed E-state index contributed by atoms with van der Waals surface area (Å²) in [6, 6.07) is 56.4. The fourth-order valence-corrected chi connectivity index (χ4v) is 7.22. The summed E-state index contributed by atoms with van der Waals surface area (Å²) < 4.78 is 4.53. The molecular formula is C46H33N5. The van der Waals surface area contributed by atoms with Gasteiger partial charge in [-0.05, 0) is 48.9 Å². The van der Waals surface area contributed by atoms with Crippen LogP contribution >= 0.6 is 0 Å². The first-order chi connectivity index (χ1) is 25.2. The molecule has 5 heteroatoms. The maximum atomic E-state index is 5.21. The van der Waals surface area contributed by atoms with Crippen molar-refractivity contribution >= 4 is 61.0 Å². The van der Waals surface area contributed by atoms with Crippen molar-refractivity contribution in [3.63, 3.8) is 0 Å². The van der Waals surface area contributed by atoms with Crippen LogP contribution in [0.4, 0.5) is 0 Å². The minimum Gasteiger partial charge on any atom is -0.308 e. The molecule has 242 valence electrons. The van der Waals surface area contributed by atoms with E-state index in [2.05, 4.69) is 113 Å². The summed E-state index contributed by atoms with van der Waals surface area (Å²) in [7, 11) is 0. The highest BCUT2D eigenvalue weighted by atomic mass is 15.1. The summed E-state index contributed by atoms with van der Waals surface area (Å²) in [6.45, 7) is 6.34. The van der Waals surface area contributed by atoms with E-state index in [1.165, 1.54) is 10.8 Å². The second kappa shape index (κ2) is 12.6. The molecule has 9 aromatic rings. The summed E-state index contributed by atoms with van der Waals surface area (Å²) in [5, 5.41) is 4.63. The molecular weight excluding hydrogens is 623 g/mol. The van der Waals surface area contributed by atoms with Gasteiger partial charge in [-0.2, -0.15) is 0 Å². The predicted octanol–water partition coefficient (Wildman–Crippen LogP) is 11.3. The summed E-state index contributed by atoms with van der Waals surface area (Å²) in [5.41, 5.74) is 10.00. The third kappa shape index (κ3) is 5.23. The highest BCUT2D eigenvalue weighted by Gasteiger charge is 2.19. The van der Waals surface area contributed by atoms with Gasteiger partial charge in [-0.3, -0.25) is 9.55 Å². The molecule has 0 unspecified atom stereocenters. The van der Waals surface area contributed by atoms with Gasteiger partial charge < -0.3 is 4.57 Å². The Labute approximate surface area is 295 Å². The van der Waals surface area contributed by atoms with E-state index in [0.29, 0.717) is 11.5 Å². The average molecular weight is 656 g/mol. The monoisotopic (exact) mass is 655 g/mol. The van der Waals surface area contributed by atoms with Crippen LogP contribution in [0.3, 0.4) is 0 Å². The molecule has 9 rings (SSSR count). The van der Waals surface area contributed by atoms with Crippen LogP contribution in [0.2, 0.25) is 0 Å². The number of hydrogen-bond acceptors (Lipinski definition) is 2. The van der Waals surface area contributed by atoms with E-state index in [4.69, 9.17) is 15.0 Å². The lowest BCUT2D eigenvalue weighted by Gasteiger charge is -2.10. The number of rotatable bonds is 5. The van der Waals surface area contributed by atoms with Gasteiger partial charge in [0.25, 0.3) is 0 Å². The molecule has 0 radical (unpaired) electrons. The van der Waals surface area contributed by atoms with Crippen LogP contribution in [-0.4, -0.2) is 25.8 Å². The van der Waals surface area contributed by atoms with Crippen molar-refractivity contribution in [2.24, 2.45) is 9.98 Å². The molecule has 0 aliphatic carbocycles. The van der Waals surface area contributed by atoms with Crippen molar-refractivity contribution in [3.8, 4) is 16.9 Å². The number of nitrogens with zero attached hydrogens (tertiary/aromatic N) is 5. The Morgan fingerprint density at radius 3 is 1.90 bits per heavy atom. The van der Waals surface area contributed by atoms with Crippen molar-refractivity contribution in [2.75, 3.05) is 0 Å². The van der Waals surface area contributed by atoms with Crippen LogP contribution < -0.4 is 0 Å². The van der Waals surface area contributed by atoms with Crippen LogP contribution in [0.5, 0.6) is 0 Å². The van der Waals surface area contributed by atoms with Gasteiger partial charge in [-0.15, -0.1) is 0 Å². The van der Waals surface area contributed by atoms with Crippen molar-refractivity contribution in [3.05, 3.63) is 188 Å². The molecule has 0 atom stereocenters. The Morgan fingerprint density at radius 1 is 0.549 bits per heavy atom. The third-order valence-electron chi connectivity index (χ3n) is 9.52. The standard InChI is InChI=1S/C46H33N5/c1-31(33-17-6-3-7-18-33)48-46(34-19-8-4-9-20-34)49-32(2)50-42-27-15-13-24-38(42)45-37(25-16-28-43(45)50)40-29-39-36-23-12-14-26-41(36)51(44(39)30-47-40)35-21-10-5-11-22-35/h3-30H,1H2,2H3. The molecule has 5 nitrogen and oxygen atoms in total. The fraction of sp³-hybridized carbons (Fsp3) is 0.0217. The fourth-order valence-electron chi connectivity index (χ4n) is 7.22. The zero-order chi connectivity index (χ0) is 34.3. The zero-order valence-corrected chi connectivity index (χ0v) is 28.1. The van der Waals surface area contributed by atoms with E-state index < -0.39 is 0 Å². The van der Waals surface area contributed by atoms with Crippen LogP contribution in [0.25, 0.3) is 66.3 Å². The molecule has 0 fully saturated rings. The van der Waals surface area contributed by atoms with Crippen LogP contribution in [0.15, 0.2) is 187 Å². The lowest BCUT2D eigenvalue weighted by molar-refractivity contribution is 1.17. The largest absolute Gasteiger partial charge is 0.308 e. The number of aliphatic imine (C=N–C) groups is 2. The van der Waals surface area contributed by atoms with Gasteiger partial charge in [0.05, 0.1) is 39.7 Å². The summed E-state index contributed by atoms with van der Waals surface area (Å²) in [4.78, 5) is 15.3. The lowest BCUT2D eigenvalue weighted by atomic mass is 10.0. The molecule has 0 saturated heterocycles. The SMILES string of the molecule is C=C(N=C(N=C(C)n1c2ccccc2c2c(-c3cc4c5ccccc5n(-c5ccccc5)c4cn3)cccc21)c1ccccc1)c1ccccc1. The Kier molecular flexibility index (Phi) is 7.44. The minimum atomic E-state index is 0.603. The maximum Gasteiger partial charge on any atom is 0.161 e. The van der Waals surface area contributed by atoms with E-state index in [9.17, 15) is 0 Å². The van der Waals surface area contributed by atoms with Gasteiger partial charge in [0.15, 0.2) is 5.84 Å². The molecule has 0 bridgehead atoms. The van der Waals surface area contributed by atoms with E-state index in [-0.39, 0.29) is 0 Å². The quantitative estimate of drug-likeness (QED) is 0.134. The highest BCUT2D eigenvalue weighted by Crippen LogP contribution is 2.39. The van der Waals surface area contributed by atoms with Gasteiger partial charge in [-0.1, -0.05) is 134 Å². The van der Waals surface area contributed by atoms with E-state index in [1.54, 1.807) is 0 Å². The van der Waals surface area contributed by atoms with Crippen molar-refractivity contribution < 1.29 is 0 Å². The van der Waals surface area contributed by atoms with Crippen molar-refractivity contribution in [2.45, 2.75) is 6.92 Å². The second-order valence-electron chi connectivity index (χ2n) is 12.6. The predicted molar refractivity (Wildman–Crippen MR) is 214 cm³/mol. The first-order valence-corrected chi connectivity index (χ1v) is 17.1. The molecule has 0 spiro atoms. The van der Waals surface area contributed by atoms with Gasteiger partial charge in [0, 0.05) is 38.4 Å². The Morgan fingerprint density at radius 2 is 1.16 bits per heavy atom. The number of benzene rings is 6. The highest BCUT2D eigenvalue weighted by molar-refractivity contribution is 6.21. The molecule has 0 amide bonds. The number of amidine groups is 1. The Hall–Kier alpha value is -6.85. The first-order valence-electron chi connectivity index (χ1n) is 17.1. The first kappa shape index (κ1) is 30.2. The van der Waals surface area contributed by atoms with E-state index in [0.717, 1.165) is 66.7 Å². The lowest BCUT2D eigenvalue weighted by Crippen LogP contribution is -2.11. The molecule has 0 N–H and O–H groups in total. The van der Waals surface area contributed by atoms with Crippen LogP contribution in [-0.2, 0) is 0 Å². The van der Waals surface area contributed by atoms with Crippen molar-refractivity contribution in [1.82, 2.24) is 14.1 Å². The number of aromatic nitrogens is 3. The van der Waals surface area contributed by atoms with Gasteiger partial charge >= 0.3 is 0 Å². The van der Waals surface area contributed by atoms with Crippen molar-refractivity contribution in [1.29, 1.82) is 0 Å². The zero-order valence-electron chi connectivity index (χ0n) is 28.1. The molecule has 0 aliphatic heterocycles. The normalized spacial score (nSPS) is 12.3. The summed E-state index contributed by atoms with van der Waals surface area (Å²) in [5.74, 6) is 1.40. The smallest absolute Gasteiger partial charge is 0.161 e. The van der Waals surface area contributed by atoms with E-state index in [1.807, 2.05) is 79.9 Å². The maximum absolute atomic E-state index is 5.21.